The molecule has 86 valence electrons. The van der Waals surface area contributed by atoms with Crippen LogP contribution >= 0.6 is 23.2 Å². The summed E-state index contributed by atoms with van der Waals surface area (Å²) in [4.78, 5) is 8.06. The molecule has 7 heteroatoms. The molecule has 0 fully saturated rings. The second-order valence-corrected chi connectivity index (χ2v) is 3.92. The van der Waals surface area contributed by atoms with E-state index in [4.69, 9.17) is 23.2 Å². The van der Waals surface area contributed by atoms with Gasteiger partial charge in [-0.1, -0.05) is 28.3 Å². The van der Waals surface area contributed by atoms with Gasteiger partial charge in [0.2, 0.25) is 0 Å². The molecule has 2 rings (SSSR count). The maximum absolute atomic E-state index is 11.6. The van der Waals surface area contributed by atoms with Crippen molar-refractivity contribution in [2.45, 2.75) is 0 Å². The van der Waals surface area contributed by atoms with Gasteiger partial charge in [0.25, 0.3) is 0 Å². The van der Waals surface area contributed by atoms with Crippen molar-refractivity contribution in [3.8, 4) is 0 Å². The van der Waals surface area contributed by atoms with Gasteiger partial charge in [0, 0.05) is 12.3 Å². The monoisotopic (exact) mass is 268 g/mol. The molecular weight excluding hydrogens is 263 g/mol. The minimum Gasteiger partial charge on any atom is -0.690 e. The first-order chi connectivity index (χ1) is 8.15. The molecule has 0 N–H and O–H groups in total. The van der Waals surface area contributed by atoms with Crippen LogP contribution in [0.2, 0.25) is 10.0 Å². The van der Waals surface area contributed by atoms with Crippen molar-refractivity contribution in [1.82, 2.24) is 9.97 Å². The molecule has 0 amide bonds. The van der Waals surface area contributed by atoms with Gasteiger partial charge < -0.3 is 5.21 Å². The highest BCUT2D eigenvalue weighted by Crippen LogP contribution is 2.16. The molecule has 0 aliphatic carbocycles. The summed E-state index contributed by atoms with van der Waals surface area (Å²) in [6.07, 6.45) is 2.77. The van der Waals surface area contributed by atoms with E-state index in [0.29, 0.717) is 14.9 Å². The van der Waals surface area contributed by atoms with Crippen LogP contribution in [-0.2, 0) is 0 Å². The number of pyridine rings is 2. The Hall–Kier alpha value is -1.72. The third kappa shape index (κ3) is 3.12. The quantitative estimate of drug-likeness (QED) is 0.474. The lowest BCUT2D eigenvalue weighted by atomic mass is 10.5. The maximum atomic E-state index is 11.6. The third-order valence-electron chi connectivity index (χ3n) is 1.81. The van der Waals surface area contributed by atoms with Gasteiger partial charge in [-0.15, -0.1) is 4.86 Å². The molecule has 2 aromatic rings. The van der Waals surface area contributed by atoms with E-state index in [2.05, 4.69) is 15.1 Å². The Morgan fingerprint density at radius 3 is 2.18 bits per heavy atom. The van der Waals surface area contributed by atoms with Crippen molar-refractivity contribution >= 4 is 34.8 Å². The predicted molar refractivity (Wildman–Crippen MR) is 63.9 cm³/mol. The van der Waals surface area contributed by atoms with Crippen LogP contribution in [0.3, 0.4) is 0 Å². The van der Waals surface area contributed by atoms with Crippen LogP contribution in [0, 0.1) is 5.21 Å². The molecule has 0 bridgehead atoms. The lowest BCUT2D eigenvalue weighted by molar-refractivity contribution is -0.440. The van der Waals surface area contributed by atoms with Gasteiger partial charge in [-0.2, -0.15) is 0 Å². The highest BCUT2D eigenvalue weighted by molar-refractivity contribution is 6.30. The van der Waals surface area contributed by atoms with Gasteiger partial charge in [0.1, 0.15) is 0 Å². The Balaban J connectivity index is 2.27. The minimum atomic E-state index is 0.131. The zero-order valence-electron chi connectivity index (χ0n) is 8.42. The van der Waals surface area contributed by atoms with E-state index < -0.39 is 0 Å². The molecular formula is C10H6Cl2N4O. The number of azo groups is 1. The maximum Gasteiger partial charge on any atom is 0.347 e. The Labute approximate surface area is 107 Å². The Kier molecular flexibility index (Phi) is 3.51. The number of nitrogens with zero attached hydrogens (tertiary/aromatic N) is 4. The summed E-state index contributed by atoms with van der Waals surface area (Å²) in [7, 11) is 0. The summed E-state index contributed by atoms with van der Waals surface area (Å²) in [6.45, 7) is 0. The standard InChI is InChI=1S/C10H6Cl2N4O/c11-7-1-3-9(13-5-7)15-16(17)10-4-2-8(12)6-14-10/h1-6H. The molecule has 0 aliphatic heterocycles. The fourth-order valence-corrected chi connectivity index (χ4v) is 1.28. The number of hydrogen-bond acceptors (Lipinski definition) is 4. The minimum absolute atomic E-state index is 0.131. The van der Waals surface area contributed by atoms with E-state index in [1.807, 2.05) is 0 Å². The summed E-state index contributed by atoms with van der Waals surface area (Å²) in [5.41, 5.74) is 0. The van der Waals surface area contributed by atoms with Gasteiger partial charge >= 0.3 is 5.82 Å². The zero-order valence-corrected chi connectivity index (χ0v) is 9.93. The Morgan fingerprint density at radius 2 is 1.65 bits per heavy atom. The molecule has 0 radical (unpaired) electrons. The molecule has 0 atom stereocenters. The number of hydrogen-bond donors (Lipinski definition) is 0. The van der Waals surface area contributed by atoms with E-state index in [1.54, 1.807) is 12.1 Å². The van der Waals surface area contributed by atoms with Gasteiger partial charge in [0.15, 0.2) is 12.0 Å². The van der Waals surface area contributed by atoms with Gasteiger partial charge in [-0.25, -0.2) is 4.98 Å². The summed E-state index contributed by atoms with van der Waals surface area (Å²) in [5, 5.41) is 16.2. The lowest BCUT2D eigenvalue weighted by Gasteiger charge is -2.01. The molecule has 2 heterocycles. The lowest BCUT2D eigenvalue weighted by Crippen LogP contribution is -1.93. The van der Waals surface area contributed by atoms with Crippen LogP contribution < -0.4 is 0 Å². The largest absolute Gasteiger partial charge is 0.690 e. The molecule has 2 aromatic heterocycles. The fraction of sp³-hybridized carbons (Fsp3) is 0. The highest BCUT2D eigenvalue weighted by atomic mass is 35.5. The Bertz CT molecular complexity index is 539. The number of rotatable bonds is 2. The predicted octanol–water partition coefficient (Wildman–Crippen LogP) is 3.71. The topological polar surface area (TPSA) is 64.2 Å². The second-order valence-electron chi connectivity index (χ2n) is 3.04. The van der Waals surface area contributed by atoms with Crippen molar-refractivity contribution in [3.63, 3.8) is 0 Å². The summed E-state index contributed by atoms with van der Waals surface area (Å²) >= 11 is 11.3. The second kappa shape index (κ2) is 5.07. The van der Waals surface area contributed by atoms with Crippen molar-refractivity contribution in [2.75, 3.05) is 0 Å². The van der Waals surface area contributed by atoms with Crippen LogP contribution in [0.5, 0.6) is 0 Å². The first kappa shape index (κ1) is 11.8. The molecule has 0 unspecified atom stereocenters. The van der Waals surface area contributed by atoms with Crippen molar-refractivity contribution in [2.24, 2.45) is 5.11 Å². The SMILES string of the molecule is [O-][N+](=Nc1ccc(Cl)cn1)c1ccc(Cl)cn1. The van der Waals surface area contributed by atoms with Crippen LogP contribution in [-0.4, -0.2) is 14.8 Å². The average molecular weight is 269 g/mol. The van der Waals surface area contributed by atoms with Gasteiger partial charge in [-0.05, 0) is 23.2 Å². The summed E-state index contributed by atoms with van der Waals surface area (Å²) in [6, 6.07) is 6.15. The number of aromatic nitrogens is 2. The smallest absolute Gasteiger partial charge is 0.347 e. The molecule has 0 saturated heterocycles. The van der Waals surface area contributed by atoms with Crippen LogP contribution in [0.25, 0.3) is 0 Å². The normalized spacial score (nSPS) is 11.5. The molecule has 17 heavy (non-hydrogen) atoms. The number of halogens is 2. The third-order valence-corrected chi connectivity index (χ3v) is 2.26. The van der Waals surface area contributed by atoms with E-state index in [0.717, 1.165) is 0 Å². The van der Waals surface area contributed by atoms with Crippen LogP contribution in [0.1, 0.15) is 0 Å². The average Bonchev–Trinajstić information content (AvgIpc) is 2.33. The molecule has 0 aliphatic rings. The fourth-order valence-electron chi connectivity index (χ4n) is 1.05. The Morgan fingerprint density at radius 1 is 1.00 bits per heavy atom. The van der Waals surface area contributed by atoms with Gasteiger partial charge in [-0.3, -0.25) is 0 Å². The molecule has 0 aromatic carbocycles. The van der Waals surface area contributed by atoms with E-state index in [9.17, 15) is 5.21 Å². The van der Waals surface area contributed by atoms with Gasteiger partial charge in [0.05, 0.1) is 10.0 Å². The molecule has 0 spiro atoms. The first-order valence-corrected chi connectivity index (χ1v) is 5.33. The van der Waals surface area contributed by atoms with E-state index >= 15 is 0 Å². The first-order valence-electron chi connectivity index (χ1n) is 4.57. The van der Waals surface area contributed by atoms with Crippen molar-refractivity contribution in [3.05, 3.63) is 51.9 Å². The summed E-state index contributed by atoms with van der Waals surface area (Å²) in [5.74, 6) is 0.382. The highest BCUT2D eigenvalue weighted by Gasteiger charge is 2.05. The van der Waals surface area contributed by atoms with Crippen LogP contribution in [0.4, 0.5) is 11.6 Å². The molecule has 0 saturated carbocycles. The zero-order chi connectivity index (χ0) is 12.3. The van der Waals surface area contributed by atoms with Crippen LogP contribution in [0.15, 0.2) is 41.8 Å². The van der Waals surface area contributed by atoms with Crippen molar-refractivity contribution < 1.29 is 4.86 Å². The van der Waals surface area contributed by atoms with E-state index in [1.165, 1.54) is 24.5 Å². The van der Waals surface area contributed by atoms with Crippen molar-refractivity contribution in [1.29, 1.82) is 0 Å². The molecule has 5 nitrogen and oxygen atoms in total. The van der Waals surface area contributed by atoms with E-state index in [-0.39, 0.29) is 11.6 Å². The summed E-state index contributed by atoms with van der Waals surface area (Å²) < 4.78 is 0.